The summed E-state index contributed by atoms with van der Waals surface area (Å²) in [5.74, 6) is -14.4. The van der Waals surface area contributed by atoms with E-state index in [0.717, 1.165) is 0 Å². The Morgan fingerprint density at radius 3 is 1.12 bits per heavy atom. The molecule has 0 aromatic carbocycles. The fourth-order valence-corrected chi connectivity index (χ4v) is 10.3. The van der Waals surface area contributed by atoms with Crippen molar-refractivity contribution in [2.24, 2.45) is 85.6 Å². The molecular formula is C67H125N21O15. The third kappa shape index (κ3) is 37.2. The zero-order chi connectivity index (χ0) is 79.0. The molecule has 36 nitrogen and oxygen atoms in total. The highest BCUT2D eigenvalue weighted by Crippen LogP contribution is 2.17. The van der Waals surface area contributed by atoms with Crippen LogP contribution in [0.2, 0.25) is 0 Å². The number of nitrogens with zero attached hydrogens (tertiary/aromatic N) is 2. The molecule has 13 amide bonds. The van der Waals surface area contributed by atoms with Crippen LogP contribution < -0.4 is 104 Å². The van der Waals surface area contributed by atoms with Gasteiger partial charge in [-0.1, -0.05) is 109 Å². The van der Waals surface area contributed by atoms with Crippen molar-refractivity contribution >= 4 is 94.7 Å². The first-order valence-corrected chi connectivity index (χ1v) is 35.9. The minimum absolute atomic E-state index is 0.00371. The molecule has 36 heteroatoms. The van der Waals surface area contributed by atoms with E-state index in [1.807, 2.05) is 6.92 Å². The lowest BCUT2D eigenvalue weighted by Crippen LogP contribution is -2.62. The van der Waals surface area contributed by atoms with Gasteiger partial charge in [-0.3, -0.25) is 72.3 Å². The lowest BCUT2D eigenvalue weighted by molar-refractivity contribution is -0.144. The predicted molar refractivity (Wildman–Crippen MR) is 389 cm³/mol. The van der Waals surface area contributed by atoms with Gasteiger partial charge in [0.15, 0.2) is 11.9 Å². The maximum absolute atomic E-state index is 14.5. The van der Waals surface area contributed by atoms with E-state index in [1.165, 1.54) is 13.8 Å². The van der Waals surface area contributed by atoms with Gasteiger partial charge in [-0.25, -0.2) is 4.79 Å². The van der Waals surface area contributed by atoms with Crippen molar-refractivity contribution in [1.29, 1.82) is 0 Å². The Morgan fingerprint density at radius 1 is 0.369 bits per heavy atom. The van der Waals surface area contributed by atoms with Crippen molar-refractivity contribution in [2.45, 2.75) is 266 Å². The molecule has 103 heavy (non-hydrogen) atoms. The van der Waals surface area contributed by atoms with Crippen molar-refractivity contribution in [3.8, 4) is 0 Å². The lowest BCUT2D eigenvalue weighted by Gasteiger charge is -2.31. The SMILES string of the molecule is CC[C@H](C)[C@H](N)C(=O)N[C@@H](CCCN=C(N)N)C(=O)N[C@H](C(=O)N[C@H](C(=O)N[C@@H](CC(C)C)C(=O)N[C@@H](CCCN=C(N)N)C(=O)N[C@@H](C)C(=O)N[C@@H](CCC(N)=O)C(=O)NCC(=O)N[C@@H](C)C(=O)N[C@@H](CC(C)C)C(=O)N[C@@H](CCCCN)C(=O)N[C@H](C(=O)O)[C@@H](C)CC)[C@@H](C)CC)[C@@H](C)CC. The summed E-state index contributed by atoms with van der Waals surface area (Å²) in [7, 11) is 0. The number of guanidine groups is 2. The van der Waals surface area contributed by atoms with Gasteiger partial charge in [0.1, 0.15) is 66.5 Å². The number of nitrogens with two attached hydrogens (primary N) is 7. The number of carbonyl (C=O) groups excluding carboxylic acids is 13. The minimum atomic E-state index is -1.54. The molecule has 0 rings (SSSR count). The first-order valence-electron chi connectivity index (χ1n) is 35.9. The number of aliphatic carboxylic acids is 1. The zero-order valence-electron chi connectivity index (χ0n) is 62.9. The summed E-state index contributed by atoms with van der Waals surface area (Å²) in [6, 6.07) is -15.3. The molecule has 0 aromatic rings. The number of hydrogen-bond acceptors (Lipinski definition) is 18. The van der Waals surface area contributed by atoms with Gasteiger partial charge in [-0.05, 0) is 120 Å². The molecule has 0 fully saturated rings. The second-order valence-corrected chi connectivity index (χ2v) is 27.4. The Balaban J connectivity index is 6.68. The minimum Gasteiger partial charge on any atom is -0.480 e. The number of carboxylic acids is 1. The van der Waals surface area contributed by atoms with Crippen LogP contribution in [-0.4, -0.2) is 198 Å². The number of carbonyl (C=O) groups is 14. The molecule has 0 radical (unpaired) electrons. The van der Waals surface area contributed by atoms with Gasteiger partial charge < -0.3 is 109 Å². The molecule has 0 aliphatic rings. The van der Waals surface area contributed by atoms with Crippen LogP contribution in [0.25, 0.3) is 0 Å². The maximum Gasteiger partial charge on any atom is 0.326 e. The summed E-state index contributed by atoms with van der Waals surface area (Å²) in [5.41, 5.74) is 39.4. The quantitative estimate of drug-likeness (QED) is 0.0161. The fourth-order valence-electron chi connectivity index (χ4n) is 10.3. The van der Waals surface area contributed by atoms with Crippen molar-refractivity contribution in [1.82, 2.24) is 63.8 Å². The van der Waals surface area contributed by atoms with Gasteiger partial charge >= 0.3 is 5.97 Å². The topological polar surface area (TPSA) is 610 Å². The molecule has 0 saturated heterocycles. The molecule has 0 bridgehead atoms. The summed E-state index contributed by atoms with van der Waals surface area (Å²) in [6.45, 7) is 23.4. The summed E-state index contributed by atoms with van der Waals surface area (Å²) < 4.78 is 0. The third-order valence-electron chi connectivity index (χ3n) is 17.6. The molecule has 588 valence electrons. The highest BCUT2D eigenvalue weighted by Gasteiger charge is 2.38. The molecule has 0 aliphatic carbocycles. The number of primary amides is 1. The highest BCUT2D eigenvalue weighted by molar-refractivity contribution is 5.99. The van der Waals surface area contributed by atoms with Crippen LogP contribution in [0.1, 0.15) is 193 Å². The lowest BCUT2D eigenvalue weighted by atomic mass is 9.94. The molecule has 0 heterocycles. The van der Waals surface area contributed by atoms with E-state index in [2.05, 4.69) is 73.8 Å². The first-order chi connectivity index (χ1) is 48.2. The molecule has 0 saturated carbocycles. The number of carboxylic acid groups (broad SMARTS) is 1. The smallest absolute Gasteiger partial charge is 0.326 e. The van der Waals surface area contributed by atoms with Crippen molar-refractivity contribution in [2.75, 3.05) is 26.2 Å². The monoisotopic (exact) mass is 1460 g/mol. The van der Waals surface area contributed by atoms with Crippen molar-refractivity contribution in [3.05, 3.63) is 0 Å². The Morgan fingerprint density at radius 2 is 0.709 bits per heavy atom. The average molecular weight is 1460 g/mol. The number of hydrogen-bond donors (Lipinski definition) is 20. The summed E-state index contributed by atoms with van der Waals surface area (Å²) >= 11 is 0. The maximum atomic E-state index is 14.5. The number of unbranched alkanes of at least 4 members (excludes halogenated alkanes) is 1. The van der Waals surface area contributed by atoms with E-state index >= 15 is 0 Å². The molecule has 0 aliphatic heterocycles. The van der Waals surface area contributed by atoms with Gasteiger partial charge in [0.25, 0.3) is 0 Å². The summed E-state index contributed by atoms with van der Waals surface area (Å²) in [4.78, 5) is 199. The van der Waals surface area contributed by atoms with Crippen LogP contribution in [0.15, 0.2) is 9.98 Å². The summed E-state index contributed by atoms with van der Waals surface area (Å²) in [6.07, 6.45) is 2.38. The number of rotatable bonds is 52. The van der Waals surface area contributed by atoms with E-state index in [1.54, 1.807) is 76.2 Å². The normalized spacial score (nSPS) is 15.9. The van der Waals surface area contributed by atoms with E-state index < -0.39 is 186 Å². The molecule has 0 aromatic heterocycles. The predicted octanol–water partition coefficient (Wildman–Crippen LogP) is -3.33. The Labute approximate surface area is 606 Å². The Hall–Kier alpha value is -8.96. The molecule has 0 spiro atoms. The molecular weight excluding hydrogens is 1340 g/mol. The zero-order valence-corrected chi connectivity index (χ0v) is 62.9. The number of amides is 13. The van der Waals surface area contributed by atoms with E-state index in [9.17, 15) is 72.2 Å². The standard InChI is InChI=1S/C67H125N21O15/c1-15-36(9)50(70)62(99)83-44(25-22-30-76-67(73)74)58(95)86-52(38(11)17-3)64(101)87-51(37(10)16-2)63(100)85-47(32-35(7)8)61(98)82-43(24-21-29-75-66(71)72)57(94)79-41(14)55(92)80-45(26-27-48(69)89)56(93)77-33-49(90)78-40(13)54(91)84-46(31-34(5)6)60(97)81-42(23-19-20-28-68)59(96)88-53(65(102)103)39(12)18-4/h34-47,50-53H,15-33,68,70H2,1-14H3,(H2,69,89)(H,77,93)(H,78,90)(H,79,94)(H,80,92)(H,81,97)(H,82,98)(H,83,99)(H,84,91)(H,85,100)(H,86,95)(H,87,101)(H,88,96)(H,102,103)(H4,71,72,75)(H4,73,74,76)/t36-,37-,38-,39-,40-,41-,42-,43-,44-,45-,46-,47-,50-,51-,52-,53-/m0/s1. The van der Waals surface area contributed by atoms with E-state index in [4.69, 9.17) is 40.1 Å². The Kier molecular flexibility index (Phi) is 45.3. The largest absolute Gasteiger partial charge is 0.480 e. The van der Waals surface area contributed by atoms with E-state index in [0.29, 0.717) is 45.1 Å². The highest BCUT2D eigenvalue weighted by atomic mass is 16.4. The van der Waals surface area contributed by atoms with Crippen LogP contribution in [0.5, 0.6) is 0 Å². The van der Waals surface area contributed by atoms with Crippen LogP contribution >= 0.6 is 0 Å². The first kappa shape index (κ1) is 94.0. The second kappa shape index (κ2) is 49.6. The van der Waals surface area contributed by atoms with Crippen LogP contribution in [0.3, 0.4) is 0 Å². The third-order valence-corrected chi connectivity index (χ3v) is 17.6. The van der Waals surface area contributed by atoms with Crippen LogP contribution in [-0.2, 0) is 67.1 Å². The number of nitrogens with one attached hydrogen (secondary N) is 12. The van der Waals surface area contributed by atoms with Gasteiger partial charge in [-0.15, -0.1) is 0 Å². The summed E-state index contributed by atoms with van der Waals surface area (Å²) in [5, 5.41) is 41.0. The van der Waals surface area contributed by atoms with Crippen molar-refractivity contribution in [3.63, 3.8) is 0 Å². The van der Waals surface area contributed by atoms with Gasteiger partial charge in [0, 0.05) is 19.5 Å². The van der Waals surface area contributed by atoms with Crippen LogP contribution in [0, 0.1) is 35.5 Å². The molecule has 0 unspecified atom stereocenters. The van der Waals surface area contributed by atoms with Gasteiger partial charge in [0.05, 0.1) is 12.6 Å². The molecule has 27 N–H and O–H groups in total. The van der Waals surface area contributed by atoms with Crippen molar-refractivity contribution < 1.29 is 72.2 Å². The second-order valence-electron chi connectivity index (χ2n) is 27.4. The van der Waals surface area contributed by atoms with E-state index in [-0.39, 0.29) is 94.1 Å². The van der Waals surface area contributed by atoms with Crippen LogP contribution in [0.4, 0.5) is 0 Å². The Bertz CT molecular complexity index is 2840. The number of aliphatic imine (C=N–C) groups is 2. The van der Waals surface area contributed by atoms with Gasteiger partial charge in [-0.2, -0.15) is 0 Å². The van der Waals surface area contributed by atoms with Gasteiger partial charge in [0.2, 0.25) is 76.8 Å². The fraction of sp³-hybridized carbons (Fsp3) is 0.761. The molecule has 16 atom stereocenters. The average Bonchev–Trinajstić information content (AvgIpc) is 0.848.